The van der Waals surface area contributed by atoms with Crippen molar-refractivity contribution in [3.8, 4) is 0 Å². The first kappa shape index (κ1) is 13.5. The molecule has 0 aliphatic heterocycles. The molecule has 1 heterocycles. The molecule has 2 N–H and O–H groups in total. The van der Waals surface area contributed by atoms with Crippen LogP contribution in [0.15, 0.2) is 29.1 Å². The number of hydrogen-bond acceptors (Lipinski definition) is 4. The molecule has 2 amide bonds. The van der Waals surface area contributed by atoms with Crippen LogP contribution in [0.25, 0.3) is 0 Å². The Kier molecular flexibility index (Phi) is 4.13. The van der Waals surface area contributed by atoms with E-state index in [0.717, 1.165) is 0 Å². The van der Waals surface area contributed by atoms with Crippen molar-refractivity contribution < 1.29 is 9.59 Å². The fourth-order valence-corrected chi connectivity index (χ4v) is 2.17. The van der Waals surface area contributed by atoms with Crippen molar-refractivity contribution in [1.82, 2.24) is 10.3 Å². The average molecular weight is 296 g/mol. The van der Waals surface area contributed by atoms with Crippen LogP contribution in [0.2, 0.25) is 5.02 Å². The molecule has 0 saturated heterocycles. The van der Waals surface area contributed by atoms with Crippen molar-refractivity contribution in [2.24, 2.45) is 0 Å². The van der Waals surface area contributed by atoms with E-state index in [1.54, 1.807) is 23.0 Å². The highest BCUT2D eigenvalue weighted by molar-refractivity contribution is 7.07. The van der Waals surface area contributed by atoms with Gasteiger partial charge in [-0.05, 0) is 18.2 Å². The summed E-state index contributed by atoms with van der Waals surface area (Å²) < 4.78 is 0. The monoisotopic (exact) mass is 295 g/mol. The minimum Gasteiger partial charge on any atom is -0.355 e. The molecule has 0 spiro atoms. The summed E-state index contributed by atoms with van der Waals surface area (Å²) in [5, 5.41) is 7.11. The van der Waals surface area contributed by atoms with Crippen molar-refractivity contribution >= 4 is 40.4 Å². The molecule has 0 unspecified atom stereocenters. The quantitative estimate of drug-likeness (QED) is 0.913. The van der Waals surface area contributed by atoms with E-state index in [1.165, 1.54) is 24.5 Å². The molecule has 98 valence electrons. The fraction of sp³-hybridized carbons (Fsp3) is 0.0833. The van der Waals surface area contributed by atoms with Gasteiger partial charge in [0.25, 0.3) is 11.8 Å². The largest absolute Gasteiger partial charge is 0.355 e. The molecular formula is C12H10ClN3O2S. The van der Waals surface area contributed by atoms with Crippen molar-refractivity contribution in [1.29, 1.82) is 0 Å². The van der Waals surface area contributed by atoms with Gasteiger partial charge in [-0.1, -0.05) is 11.6 Å². The zero-order chi connectivity index (χ0) is 13.8. The summed E-state index contributed by atoms with van der Waals surface area (Å²) in [4.78, 5) is 27.3. The minimum absolute atomic E-state index is 0.306. The van der Waals surface area contributed by atoms with Crippen molar-refractivity contribution in [2.75, 3.05) is 12.4 Å². The SMILES string of the molecule is CNC(=O)c1cc(NC(=O)c2cscn2)ccc1Cl. The topological polar surface area (TPSA) is 71.1 Å². The lowest BCUT2D eigenvalue weighted by Crippen LogP contribution is -2.19. The van der Waals surface area contributed by atoms with Crippen LogP contribution in [0.3, 0.4) is 0 Å². The second-order valence-corrected chi connectivity index (χ2v) is 4.73. The maximum absolute atomic E-state index is 11.8. The molecule has 19 heavy (non-hydrogen) atoms. The summed E-state index contributed by atoms with van der Waals surface area (Å²) in [5.41, 5.74) is 2.70. The number of nitrogens with zero attached hydrogens (tertiary/aromatic N) is 1. The Morgan fingerprint density at radius 3 is 2.74 bits per heavy atom. The number of hydrogen-bond donors (Lipinski definition) is 2. The van der Waals surface area contributed by atoms with Crippen LogP contribution in [-0.4, -0.2) is 23.8 Å². The molecule has 2 rings (SSSR count). The number of rotatable bonds is 3. The predicted molar refractivity (Wildman–Crippen MR) is 74.9 cm³/mol. The summed E-state index contributed by atoms with van der Waals surface area (Å²) in [7, 11) is 1.51. The molecule has 0 aliphatic carbocycles. The van der Waals surface area contributed by atoms with Crippen LogP contribution >= 0.6 is 22.9 Å². The Bertz CT molecular complexity index is 613. The molecular weight excluding hydrogens is 286 g/mol. The minimum atomic E-state index is -0.327. The van der Waals surface area contributed by atoms with Gasteiger partial charge in [-0.3, -0.25) is 9.59 Å². The molecule has 0 saturated carbocycles. The Hall–Kier alpha value is -1.92. The maximum Gasteiger partial charge on any atom is 0.275 e. The van der Waals surface area contributed by atoms with Crippen LogP contribution in [-0.2, 0) is 0 Å². The number of nitrogens with one attached hydrogen (secondary N) is 2. The Labute approximate surface area is 118 Å². The van der Waals surface area contributed by atoms with Gasteiger partial charge in [0.05, 0.1) is 16.1 Å². The first-order valence-corrected chi connectivity index (χ1v) is 6.65. The highest BCUT2D eigenvalue weighted by atomic mass is 35.5. The number of halogens is 1. The van der Waals surface area contributed by atoms with Crippen LogP contribution < -0.4 is 10.6 Å². The van der Waals surface area contributed by atoms with Crippen molar-refractivity contribution in [2.45, 2.75) is 0 Å². The Morgan fingerprint density at radius 2 is 2.11 bits per heavy atom. The highest BCUT2D eigenvalue weighted by Crippen LogP contribution is 2.21. The summed E-state index contributed by atoms with van der Waals surface area (Å²) in [6.45, 7) is 0. The van der Waals surface area contributed by atoms with E-state index in [1.807, 2.05) is 0 Å². The molecule has 0 aliphatic rings. The third-order valence-electron chi connectivity index (χ3n) is 2.36. The van der Waals surface area contributed by atoms with E-state index in [-0.39, 0.29) is 11.8 Å². The standard InChI is InChI=1S/C12H10ClN3O2S/c1-14-11(17)8-4-7(2-3-9(8)13)16-12(18)10-5-19-6-15-10/h2-6H,1H3,(H,14,17)(H,16,18). The molecule has 0 radical (unpaired) electrons. The van der Waals surface area contributed by atoms with Gasteiger partial charge in [-0.15, -0.1) is 11.3 Å². The Balaban J connectivity index is 2.22. The molecule has 1 aromatic heterocycles. The summed E-state index contributed by atoms with van der Waals surface area (Å²) in [6, 6.07) is 4.70. The second kappa shape index (κ2) is 5.81. The zero-order valence-electron chi connectivity index (χ0n) is 9.94. The van der Waals surface area contributed by atoms with Crippen LogP contribution in [0.1, 0.15) is 20.8 Å². The lowest BCUT2D eigenvalue weighted by molar-refractivity contribution is 0.0961. The fourth-order valence-electron chi connectivity index (χ4n) is 1.43. The van der Waals surface area contributed by atoms with Crippen LogP contribution in [0.4, 0.5) is 5.69 Å². The third kappa shape index (κ3) is 3.10. The smallest absolute Gasteiger partial charge is 0.275 e. The lowest BCUT2D eigenvalue weighted by Gasteiger charge is -2.07. The lowest BCUT2D eigenvalue weighted by atomic mass is 10.2. The number of anilines is 1. The number of amides is 2. The first-order chi connectivity index (χ1) is 9.11. The van der Waals surface area contributed by atoms with Gasteiger partial charge in [0.2, 0.25) is 0 Å². The molecule has 0 atom stereocenters. The van der Waals surface area contributed by atoms with Crippen molar-refractivity contribution in [3.63, 3.8) is 0 Å². The van der Waals surface area contributed by atoms with E-state index in [0.29, 0.717) is 22.0 Å². The third-order valence-corrected chi connectivity index (χ3v) is 3.28. The number of thiazole rings is 1. The number of carbonyl (C=O) groups is 2. The molecule has 1 aromatic carbocycles. The summed E-state index contributed by atoms with van der Waals surface area (Å²) in [5.74, 6) is -0.638. The van der Waals surface area contributed by atoms with Gasteiger partial charge in [0.1, 0.15) is 5.69 Å². The average Bonchev–Trinajstić information content (AvgIpc) is 2.94. The van der Waals surface area contributed by atoms with Crippen LogP contribution in [0, 0.1) is 0 Å². The van der Waals surface area contributed by atoms with E-state index in [4.69, 9.17) is 11.6 Å². The van der Waals surface area contributed by atoms with Gasteiger partial charge in [-0.2, -0.15) is 0 Å². The second-order valence-electron chi connectivity index (χ2n) is 3.60. The molecule has 0 fully saturated rings. The van der Waals surface area contributed by atoms with Crippen molar-refractivity contribution in [3.05, 3.63) is 45.4 Å². The Morgan fingerprint density at radius 1 is 1.32 bits per heavy atom. The van der Waals surface area contributed by atoms with E-state index in [9.17, 15) is 9.59 Å². The molecule has 7 heteroatoms. The van der Waals surface area contributed by atoms with Gasteiger partial charge in [0, 0.05) is 18.1 Å². The van der Waals surface area contributed by atoms with Gasteiger partial charge in [0.15, 0.2) is 0 Å². The van der Waals surface area contributed by atoms with Gasteiger partial charge in [-0.25, -0.2) is 4.98 Å². The number of carbonyl (C=O) groups excluding carboxylic acids is 2. The van der Waals surface area contributed by atoms with E-state index >= 15 is 0 Å². The zero-order valence-corrected chi connectivity index (χ0v) is 11.5. The highest BCUT2D eigenvalue weighted by Gasteiger charge is 2.12. The van der Waals surface area contributed by atoms with Gasteiger partial charge < -0.3 is 10.6 Å². The van der Waals surface area contributed by atoms with E-state index in [2.05, 4.69) is 15.6 Å². The van der Waals surface area contributed by atoms with Crippen LogP contribution in [0.5, 0.6) is 0 Å². The number of benzene rings is 1. The van der Waals surface area contributed by atoms with Gasteiger partial charge >= 0.3 is 0 Å². The molecule has 2 aromatic rings. The normalized spacial score (nSPS) is 10.0. The molecule has 0 bridgehead atoms. The number of aromatic nitrogens is 1. The first-order valence-electron chi connectivity index (χ1n) is 5.33. The summed E-state index contributed by atoms with van der Waals surface area (Å²) in [6.07, 6.45) is 0. The molecule has 5 nitrogen and oxygen atoms in total. The summed E-state index contributed by atoms with van der Waals surface area (Å²) >= 11 is 7.26. The maximum atomic E-state index is 11.8. The predicted octanol–water partition coefficient (Wildman–Crippen LogP) is 2.41. The van der Waals surface area contributed by atoms with E-state index < -0.39 is 0 Å².